The minimum absolute atomic E-state index is 0.261. The minimum atomic E-state index is -0.832. The fraction of sp³-hybridized carbons (Fsp3) is 0. The van der Waals surface area contributed by atoms with Crippen LogP contribution in [0.15, 0.2) is 54.1 Å². The Morgan fingerprint density at radius 1 is 0.917 bits per heavy atom. The number of benzene rings is 2. The van der Waals surface area contributed by atoms with E-state index in [4.69, 9.17) is 0 Å². The van der Waals surface area contributed by atoms with Crippen LogP contribution in [-0.4, -0.2) is 28.1 Å². The number of hydrogen-bond acceptors (Lipinski definition) is 5. The van der Waals surface area contributed by atoms with Crippen LogP contribution in [0.1, 0.15) is 5.56 Å². The van der Waals surface area contributed by atoms with Crippen molar-refractivity contribution in [1.29, 1.82) is 0 Å². The van der Waals surface area contributed by atoms with E-state index in [1.54, 1.807) is 30.3 Å². The summed E-state index contributed by atoms with van der Waals surface area (Å²) < 4.78 is 0. The molecule has 0 aromatic heterocycles. The number of barbiturate groups is 1. The molecule has 1 aliphatic heterocycles. The molecule has 0 bridgehead atoms. The van der Waals surface area contributed by atoms with E-state index in [0.29, 0.717) is 11.3 Å². The van der Waals surface area contributed by atoms with Gasteiger partial charge in [-0.1, -0.05) is 24.3 Å². The fourth-order valence-corrected chi connectivity index (χ4v) is 2.27. The number of nitrogens with one attached hydrogen (secondary N) is 1. The van der Waals surface area contributed by atoms with E-state index in [0.717, 1.165) is 4.90 Å². The maximum absolute atomic E-state index is 12.6. The number of phenols is 2. The third-order valence-electron chi connectivity index (χ3n) is 3.43. The molecule has 2 aromatic carbocycles. The number of hydrogen-bond donors (Lipinski definition) is 3. The van der Waals surface area contributed by atoms with E-state index in [2.05, 4.69) is 5.32 Å². The molecule has 0 aliphatic carbocycles. The number of imide groups is 2. The molecule has 4 amide bonds. The molecule has 0 spiro atoms. The summed E-state index contributed by atoms with van der Waals surface area (Å²) in [7, 11) is 0. The highest BCUT2D eigenvalue weighted by atomic mass is 16.3. The van der Waals surface area contributed by atoms with Crippen LogP contribution in [0.25, 0.3) is 6.08 Å². The molecule has 1 aliphatic rings. The molecule has 1 fully saturated rings. The van der Waals surface area contributed by atoms with Gasteiger partial charge in [-0.15, -0.1) is 0 Å². The minimum Gasteiger partial charge on any atom is -0.504 e. The maximum Gasteiger partial charge on any atom is 0.335 e. The van der Waals surface area contributed by atoms with Crippen molar-refractivity contribution in [2.75, 3.05) is 4.90 Å². The molecule has 3 N–H and O–H groups in total. The summed E-state index contributed by atoms with van der Waals surface area (Å²) in [5.74, 6) is -2.31. The van der Waals surface area contributed by atoms with Crippen LogP contribution in [0.2, 0.25) is 0 Å². The van der Waals surface area contributed by atoms with Crippen molar-refractivity contribution in [3.8, 4) is 11.5 Å². The summed E-state index contributed by atoms with van der Waals surface area (Å²) in [4.78, 5) is 37.4. The lowest BCUT2D eigenvalue weighted by atomic mass is 10.1. The van der Waals surface area contributed by atoms with Crippen LogP contribution in [0.5, 0.6) is 11.5 Å². The maximum atomic E-state index is 12.6. The molecule has 1 saturated heterocycles. The summed E-state index contributed by atoms with van der Waals surface area (Å²) in [5, 5.41) is 20.9. The molecule has 120 valence electrons. The number of carbonyl (C=O) groups is 3. The standard InChI is InChI=1S/C17H12N2O5/c20-13-7-6-10(9-14(13)21)8-12-15(22)18-17(24)19(16(12)23)11-4-2-1-3-5-11/h1-9,20-21H,(H,18,22,24)/b12-8-. The molecule has 0 radical (unpaired) electrons. The van der Waals surface area contributed by atoms with Gasteiger partial charge >= 0.3 is 6.03 Å². The predicted molar refractivity (Wildman–Crippen MR) is 85.2 cm³/mol. The SMILES string of the molecule is O=C1NC(=O)N(c2ccccc2)C(=O)/C1=C\c1ccc(O)c(O)c1. The number of rotatable bonds is 2. The first-order chi connectivity index (χ1) is 11.5. The Hall–Kier alpha value is -3.61. The molecule has 24 heavy (non-hydrogen) atoms. The van der Waals surface area contributed by atoms with Gasteiger partial charge in [0, 0.05) is 0 Å². The molecule has 1 heterocycles. The van der Waals surface area contributed by atoms with Crippen LogP contribution >= 0.6 is 0 Å². The Morgan fingerprint density at radius 2 is 1.62 bits per heavy atom. The zero-order valence-corrected chi connectivity index (χ0v) is 12.3. The monoisotopic (exact) mass is 324 g/mol. The highest BCUT2D eigenvalue weighted by Crippen LogP contribution is 2.27. The Kier molecular flexibility index (Phi) is 3.75. The molecular weight excluding hydrogens is 312 g/mol. The van der Waals surface area contributed by atoms with Gasteiger partial charge in [0.1, 0.15) is 5.57 Å². The van der Waals surface area contributed by atoms with Gasteiger partial charge in [-0.2, -0.15) is 0 Å². The smallest absolute Gasteiger partial charge is 0.335 e. The molecule has 0 saturated carbocycles. The molecule has 0 atom stereocenters. The number of amides is 4. The molecule has 2 aromatic rings. The Bertz CT molecular complexity index is 874. The fourth-order valence-electron chi connectivity index (χ4n) is 2.27. The Balaban J connectivity index is 2.02. The van der Waals surface area contributed by atoms with Crippen molar-refractivity contribution in [1.82, 2.24) is 5.32 Å². The van der Waals surface area contributed by atoms with E-state index >= 15 is 0 Å². The van der Waals surface area contributed by atoms with Crippen LogP contribution in [-0.2, 0) is 9.59 Å². The zero-order valence-electron chi connectivity index (χ0n) is 12.3. The van der Waals surface area contributed by atoms with Crippen molar-refractivity contribution in [2.24, 2.45) is 0 Å². The van der Waals surface area contributed by atoms with Crippen molar-refractivity contribution in [3.63, 3.8) is 0 Å². The van der Waals surface area contributed by atoms with E-state index in [1.807, 2.05) is 0 Å². The molecule has 3 rings (SSSR count). The van der Waals surface area contributed by atoms with Crippen molar-refractivity contribution < 1.29 is 24.6 Å². The summed E-state index contributed by atoms with van der Waals surface area (Å²) in [6, 6.07) is 11.2. The summed E-state index contributed by atoms with van der Waals surface area (Å²) in [6.45, 7) is 0. The van der Waals surface area contributed by atoms with Crippen LogP contribution in [0, 0.1) is 0 Å². The number of phenolic OH excluding ortho intramolecular Hbond substituents is 2. The van der Waals surface area contributed by atoms with E-state index in [-0.39, 0.29) is 17.1 Å². The first-order valence-electron chi connectivity index (χ1n) is 6.96. The van der Waals surface area contributed by atoms with Crippen molar-refractivity contribution >= 4 is 29.6 Å². The molecule has 0 unspecified atom stereocenters. The number of aromatic hydroxyl groups is 2. The van der Waals surface area contributed by atoms with Crippen molar-refractivity contribution in [2.45, 2.75) is 0 Å². The summed E-state index contributed by atoms with van der Waals surface area (Å²) in [5.41, 5.74) is 0.390. The number of urea groups is 1. The average molecular weight is 324 g/mol. The van der Waals surface area contributed by atoms with Crippen LogP contribution < -0.4 is 10.2 Å². The lowest BCUT2D eigenvalue weighted by molar-refractivity contribution is -0.122. The van der Waals surface area contributed by atoms with E-state index in [9.17, 15) is 24.6 Å². The molecule has 7 nitrogen and oxygen atoms in total. The first kappa shape index (κ1) is 15.3. The van der Waals surface area contributed by atoms with Crippen LogP contribution in [0.4, 0.5) is 10.5 Å². The average Bonchev–Trinajstić information content (AvgIpc) is 2.55. The lowest BCUT2D eigenvalue weighted by Gasteiger charge is -2.26. The number of anilines is 1. The number of nitrogens with zero attached hydrogens (tertiary/aromatic N) is 1. The van der Waals surface area contributed by atoms with E-state index in [1.165, 1.54) is 24.3 Å². The lowest BCUT2D eigenvalue weighted by Crippen LogP contribution is -2.54. The second-order valence-electron chi connectivity index (χ2n) is 5.04. The Morgan fingerprint density at radius 3 is 2.29 bits per heavy atom. The summed E-state index contributed by atoms with van der Waals surface area (Å²) in [6.07, 6.45) is 1.24. The third-order valence-corrected chi connectivity index (χ3v) is 3.43. The highest BCUT2D eigenvalue weighted by Gasteiger charge is 2.36. The molecule has 7 heteroatoms. The summed E-state index contributed by atoms with van der Waals surface area (Å²) >= 11 is 0. The number of para-hydroxylation sites is 1. The predicted octanol–water partition coefficient (Wildman–Crippen LogP) is 1.76. The van der Waals surface area contributed by atoms with Gasteiger partial charge in [0.25, 0.3) is 11.8 Å². The van der Waals surface area contributed by atoms with Gasteiger partial charge in [-0.25, -0.2) is 9.69 Å². The van der Waals surface area contributed by atoms with Gasteiger partial charge in [-0.3, -0.25) is 14.9 Å². The van der Waals surface area contributed by atoms with Crippen molar-refractivity contribution in [3.05, 3.63) is 59.7 Å². The normalized spacial score (nSPS) is 16.4. The Labute approximate surface area is 136 Å². The van der Waals surface area contributed by atoms with Gasteiger partial charge < -0.3 is 10.2 Å². The first-order valence-corrected chi connectivity index (χ1v) is 6.96. The van der Waals surface area contributed by atoms with Gasteiger partial charge in [0.05, 0.1) is 5.69 Å². The van der Waals surface area contributed by atoms with Crippen LogP contribution in [0.3, 0.4) is 0 Å². The largest absolute Gasteiger partial charge is 0.504 e. The zero-order chi connectivity index (χ0) is 17.3. The second-order valence-corrected chi connectivity index (χ2v) is 5.04. The third kappa shape index (κ3) is 2.70. The van der Waals surface area contributed by atoms with Gasteiger partial charge in [0.15, 0.2) is 11.5 Å². The quantitative estimate of drug-likeness (QED) is 0.443. The van der Waals surface area contributed by atoms with Gasteiger partial charge in [0.2, 0.25) is 0 Å². The van der Waals surface area contributed by atoms with Gasteiger partial charge in [-0.05, 0) is 35.9 Å². The highest BCUT2D eigenvalue weighted by molar-refractivity contribution is 6.39. The van der Waals surface area contributed by atoms with E-state index < -0.39 is 17.8 Å². The topological polar surface area (TPSA) is 107 Å². The second kappa shape index (κ2) is 5.88. The molecular formula is C17H12N2O5. The number of carbonyl (C=O) groups excluding carboxylic acids is 3.